The minimum absolute atomic E-state index is 0.776. The Hall–Kier alpha value is -0.970. The molecule has 0 aliphatic rings. The van der Waals surface area contributed by atoms with E-state index in [1.807, 2.05) is 29.9 Å². The summed E-state index contributed by atoms with van der Waals surface area (Å²) in [4.78, 5) is 5.40. The van der Waals surface area contributed by atoms with Crippen molar-refractivity contribution in [2.75, 3.05) is 6.54 Å². The van der Waals surface area contributed by atoms with Gasteiger partial charge in [-0.1, -0.05) is 30.7 Å². The fourth-order valence-electron chi connectivity index (χ4n) is 1.61. The van der Waals surface area contributed by atoms with Crippen LogP contribution in [0.15, 0.2) is 40.6 Å². The van der Waals surface area contributed by atoms with Crippen LogP contribution in [0.25, 0.3) is 0 Å². The van der Waals surface area contributed by atoms with Gasteiger partial charge < -0.3 is 9.88 Å². The predicted molar refractivity (Wildman–Crippen MR) is 76.2 cm³/mol. The molecule has 0 atom stereocenters. The smallest absolute Gasteiger partial charge is 0.172 e. The molecule has 5 heteroatoms. The van der Waals surface area contributed by atoms with Crippen LogP contribution in [-0.4, -0.2) is 16.1 Å². The standard InChI is InChI=1S/C13H16ClN3S/c1-3-15-9-10-5-4-6-11(14)12(10)18-13-16-7-8-17(13)2/h4-8,15H,3,9H2,1-2H3. The van der Waals surface area contributed by atoms with Gasteiger partial charge in [-0.05, 0) is 29.9 Å². The average Bonchev–Trinajstić information content (AvgIpc) is 2.76. The molecule has 0 bridgehead atoms. The molecular weight excluding hydrogens is 266 g/mol. The summed E-state index contributed by atoms with van der Waals surface area (Å²) < 4.78 is 1.99. The van der Waals surface area contributed by atoms with Gasteiger partial charge in [0.2, 0.25) is 0 Å². The molecule has 1 N–H and O–H groups in total. The Balaban J connectivity index is 2.28. The molecule has 96 valence electrons. The third-order valence-corrected chi connectivity index (χ3v) is 4.27. The lowest BCUT2D eigenvalue weighted by molar-refractivity contribution is 0.717. The van der Waals surface area contributed by atoms with E-state index >= 15 is 0 Å². The van der Waals surface area contributed by atoms with E-state index in [0.29, 0.717) is 0 Å². The Kier molecular flexibility index (Phi) is 4.69. The van der Waals surface area contributed by atoms with Crippen molar-refractivity contribution in [1.29, 1.82) is 0 Å². The fraction of sp³-hybridized carbons (Fsp3) is 0.308. The van der Waals surface area contributed by atoms with Gasteiger partial charge >= 0.3 is 0 Å². The predicted octanol–water partition coefficient (Wildman–Crippen LogP) is 3.33. The molecule has 1 aromatic carbocycles. The van der Waals surface area contributed by atoms with Crippen LogP contribution in [0.3, 0.4) is 0 Å². The first-order chi connectivity index (χ1) is 8.72. The Bertz CT molecular complexity index is 525. The van der Waals surface area contributed by atoms with Crippen LogP contribution in [-0.2, 0) is 13.6 Å². The van der Waals surface area contributed by atoms with Gasteiger partial charge in [-0.15, -0.1) is 0 Å². The normalized spacial score (nSPS) is 10.8. The van der Waals surface area contributed by atoms with E-state index < -0.39 is 0 Å². The maximum absolute atomic E-state index is 6.29. The summed E-state index contributed by atoms with van der Waals surface area (Å²) in [6.07, 6.45) is 3.73. The molecule has 0 aliphatic heterocycles. The van der Waals surface area contributed by atoms with Gasteiger partial charge in [0.25, 0.3) is 0 Å². The number of imidazole rings is 1. The molecule has 0 saturated heterocycles. The molecule has 1 heterocycles. The van der Waals surface area contributed by atoms with Crippen LogP contribution < -0.4 is 5.32 Å². The number of halogens is 1. The number of aromatic nitrogens is 2. The topological polar surface area (TPSA) is 29.9 Å². The fourth-order valence-corrected chi connectivity index (χ4v) is 2.86. The summed E-state index contributed by atoms with van der Waals surface area (Å²) >= 11 is 7.90. The molecule has 0 saturated carbocycles. The highest BCUT2D eigenvalue weighted by Gasteiger charge is 2.11. The molecule has 0 aliphatic carbocycles. The molecule has 2 rings (SSSR count). The molecule has 18 heavy (non-hydrogen) atoms. The summed E-state index contributed by atoms with van der Waals surface area (Å²) in [5.41, 5.74) is 1.21. The first-order valence-corrected chi connectivity index (χ1v) is 7.05. The minimum atomic E-state index is 0.776. The highest BCUT2D eigenvalue weighted by molar-refractivity contribution is 7.99. The third-order valence-electron chi connectivity index (χ3n) is 2.58. The maximum atomic E-state index is 6.29. The minimum Gasteiger partial charge on any atom is -0.329 e. The molecule has 1 aromatic heterocycles. The molecule has 0 radical (unpaired) electrons. The van der Waals surface area contributed by atoms with Crippen molar-refractivity contribution in [3.8, 4) is 0 Å². The molecule has 2 aromatic rings. The molecular formula is C13H16ClN3S. The van der Waals surface area contributed by atoms with Gasteiger partial charge in [0.1, 0.15) is 0 Å². The van der Waals surface area contributed by atoms with Crippen molar-refractivity contribution in [3.63, 3.8) is 0 Å². The summed E-state index contributed by atoms with van der Waals surface area (Å²) in [7, 11) is 1.98. The highest BCUT2D eigenvalue weighted by Crippen LogP contribution is 2.34. The molecule has 3 nitrogen and oxygen atoms in total. The van der Waals surface area contributed by atoms with Crippen molar-refractivity contribution in [2.45, 2.75) is 23.5 Å². The van der Waals surface area contributed by atoms with E-state index in [2.05, 4.69) is 23.3 Å². The van der Waals surface area contributed by atoms with Crippen LogP contribution in [0.5, 0.6) is 0 Å². The summed E-state index contributed by atoms with van der Waals surface area (Å²) in [6, 6.07) is 6.00. The van der Waals surface area contributed by atoms with E-state index in [-0.39, 0.29) is 0 Å². The molecule has 0 unspecified atom stereocenters. The largest absolute Gasteiger partial charge is 0.329 e. The summed E-state index contributed by atoms with van der Waals surface area (Å²) in [5, 5.41) is 5.05. The second-order valence-electron chi connectivity index (χ2n) is 3.93. The van der Waals surface area contributed by atoms with Crippen molar-refractivity contribution < 1.29 is 0 Å². The van der Waals surface area contributed by atoms with Crippen LogP contribution in [0, 0.1) is 0 Å². The van der Waals surface area contributed by atoms with Crippen LogP contribution in [0.2, 0.25) is 5.02 Å². The number of hydrogen-bond acceptors (Lipinski definition) is 3. The third kappa shape index (κ3) is 3.07. The Morgan fingerprint density at radius 3 is 2.94 bits per heavy atom. The quantitative estimate of drug-likeness (QED) is 0.912. The van der Waals surface area contributed by atoms with Crippen LogP contribution in [0.1, 0.15) is 12.5 Å². The van der Waals surface area contributed by atoms with Crippen molar-refractivity contribution in [2.24, 2.45) is 7.05 Å². The van der Waals surface area contributed by atoms with E-state index in [4.69, 9.17) is 11.6 Å². The summed E-state index contributed by atoms with van der Waals surface area (Å²) in [5.74, 6) is 0. The molecule has 0 fully saturated rings. The zero-order chi connectivity index (χ0) is 13.0. The van der Waals surface area contributed by atoms with Gasteiger partial charge in [0.05, 0.1) is 5.02 Å². The van der Waals surface area contributed by atoms with Gasteiger partial charge in [-0.3, -0.25) is 0 Å². The number of hydrogen-bond donors (Lipinski definition) is 1. The number of aryl methyl sites for hydroxylation is 1. The second-order valence-corrected chi connectivity index (χ2v) is 5.32. The van der Waals surface area contributed by atoms with Gasteiger partial charge in [-0.2, -0.15) is 0 Å². The molecule has 0 amide bonds. The second kappa shape index (κ2) is 6.27. The van der Waals surface area contributed by atoms with Crippen LogP contribution in [0.4, 0.5) is 0 Å². The van der Waals surface area contributed by atoms with Crippen LogP contribution >= 0.6 is 23.4 Å². The summed E-state index contributed by atoms with van der Waals surface area (Å²) in [6.45, 7) is 3.86. The SMILES string of the molecule is CCNCc1cccc(Cl)c1Sc1nccn1C. The van der Waals surface area contributed by atoms with E-state index in [1.165, 1.54) is 5.56 Å². The lowest BCUT2D eigenvalue weighted by Crippen LogP contribution is -2.12. The first kappa shape index (κ1) is 13.5. The Labute approximate surface area is 117 Å². The van der Waals surface area contributed by atoms with Crippen molar-refractivity contribution in [3.05, 3.63) is 41.2 Å². The number of benzene rings is 1. The van der Waals surface area contributed by atoms with E-state index in [1.54, 1.807) is 18.0 Å². The van der Waals surface area contributed by atoms with Gasteiger partial charge in [0, 0.05) is 30.9 Å². The zero-order valence-corrected chi connectivity index (χ0v) is 12.1. The number of rotatable bonds is 5. The highest BCUT2D eigenvalue weighted by atomic mass is 35.5. The Morgan fingerprint density at radius 2 is 2.28 bits per heavy atom. The lowest BCUT2D eigenvalue weighted by atomic mass is 10.2. The van der Waals surface area contributed by atoms with E-state index in [0.717, 1.165) is 28.2 Å². The zero-order valence-electron chi connectivity index (χ0n) is 10.5. The van der Waals surface area contributed by atoms with Gasteiger partial charge in [-0.25, -0.2) is 4.98 Å². The maximum Gasteiger partial charge on any atom is 0.172 e. The first-order valence-electron chi connectivity index (χ1n) is 5.85. The number of nitrogens with zero attached hydrogens (tertiary/aromatic N) is 2. The lowest BCUT2D eigenvalue weighted by Gasteiger charge is -2.11. The van der Waals surface area contributed by atoms with Crippen molar-refractivity contribution in [1.82, 2.24) is 14.9 Å². The Morgan fingerprint density at radius 1 is 1.44 bits per heavy atom. The number of nitrogens with one attached hydrogen (secondary N) is 1. The van der Waals surface area contributed by atoms with Crippen molar-refractivity contribution >= 4 is 23.4 Å². The van der Waals surface area contributed by atoms with Gasteiger partial charge in [0.15, 0.2) is 5.16 Å². The van der Waals surface area contributed by atoms with E-state index in [9.17, 15) is 0 Å². The molecule has 0 spiro atoms. The monoisotopic (exact) mass is 281 g/mol. The average molecular weight is 282 g/mol.